The minimum Gasteiger partial charge on any atom is -0.368 e. The van der Waals surface area contributed by atoms with Gasteiger partial charge in [0.2, 0.25) is 0 Å². The van der Waals surface area contributed by atoms with Gasteiger partial charge in [-0.1, -0.05) is 46.5 Å². The summed E-state index contributed by atoms with van der Waals surface area (Å²) < 4.78 is 5.82. The molecule has 0 saturated heterocycles. The van der Waals surface area contributed by atoms with Crippen LogP contribution in [0.15, 0.2) is 0 Å². The molecular weight excluding hydrogens is 212 g/mol. The number of carbonyl (C=O) groups is 1. The summed E-state index contributed by atoms with van der Waals surface area (Å²) >= 11 is 0. The molecule has 0 N–H and O–H groups in total. The van der Waals surface area contributed by atoms with Gasteiger partial charge in [-0.15, -0.1) is 0 Å². The quantitative estimate of drug-likeness (QED) is 0.498. The molecule has 0 aromatic rings. The first kappa shape index (κ1) is 16.6. The van der Waals surface area contributed by atoms with Crippen LogP contribution in [0, 0.1) is 0 Å². The van der Waals surface area contributed by atoms with Crippen molar-refractivity contribution in [2.24, 2.45) is 0 Å². The van der Waals surface area contributed by atoms with Crippen molar-refractivity contribution in [2.75, 3.05) is 6.61 Å². The summed E-state index contributed by atoms with van der Waals surface area (Å²) in [6.07, 6.45) is 8.22. The van der Waals surface area contributed by atoms with Crippen LogP contribution in [0.1, 0.15) is 79.1 Å². The molecule has 0 aliphatic carbocycles. The molecule has 0 heterocycles. The highest BCUT2D eigenvalue weighted by Crippen LogP contribution is 2.23. The van der Waals surface area contributed by atoms with Crippen LogP contribution < -0.4 is 0 Å². The Hall–Kier alpha value is -0.370. The average molecular weight is 242 g/mol. The number of carbonyl (C=O) groups excluding carboxylic acids is 1. The highest BCUT2D eigenvalue weighted by Gasteiger charge is 2.32. The minimum absolute atomic E-state index is 0.282. The topological polar surface area (TPSA) is 26.3 Å². The fraction of sp³-hybridized carbons (Fsp3) is 0.933. The van der Waals surface area contributed by atoms with Gasteiger partial charge >= 0.3 is 0 Å². The van der Waals surface area contributed by atoms with E-state index in [2.05, 4.69) is 20.8 Å². The van der Waals surface area contributed by atoms with Gasteiger partial charge in [0.05, 0.1) is 0 Å². The molecule has 0 spiro atoms. The number of Topliss-reactive ketones (excluding diaryl/α,β-unsaturated/α-hetero) is 1. The first-order chi connectivity index (χ1) is 8.10. The third kappa shape index (κ3) is 6.82. The largest absolute Gasteiger partial charge is 0.368 e. The zero-order valence-electron chi connectivity index (χ0n) is 12.2. The maximum absolute atomic E-state index is 12.1. The molecule has 0 saturated carbocycles. The molecule has 0 amide bonds. The first-order valence-electron chi connectivity index (χ1n) is 7.28. The van der Waals surface area contributed by atoms with Crippen LogP contribution in [0.5, 0.6) is 0 Å². The zero-order chi connectivity index (χ0) is 13.1. The Morgan fingerprint density at radius 1 is 1.00 bits per heavy atom. The summed E-state index contributed by atoms with van der Waals surface area (Å²) in [5.74, 6) is 0.282. The number of ether oxygens (including phenoxy) is 1. The van der Waals surface area contributed by atoms with Crippen molar-refractivity contribution in [3.63, 3.8) is 0 Å². The van der Waals surface area contributed by atoms with Gasteiger partial charge in [0.1, 0.15) is 5.60 Å². The van der Waals surface area contributed by atoms with E-state index in [0.29, 0.717) is 13.0 Å². The SMILES string of the molecule is CCCCCCC(C)(OCCC)C(=O)CCC. The molecule has 0 aliphatic heterocycles. The van der Waals surface area contributed by atoms with Gasteiger partial charge in [0.15, 0.2) is 5.78 Å². The Kier molecular flexibility index (Phi) is 9.43. The van der Waals surface area contributed by atoms with Crippen LogP contribution in [-0.2, 0) is 9.53 Å². The summed E-state index contributed by atoms with van der Waals surface area (Å²) in [5, 5.41) is 0. The maximum Gasteiger partial charge on any atom is 0.164 e. The molecule has 0 aromatic carbocycles. The summed E-state index contributed by atoms with van der Waals surface area (Å²) in [4.78, 5) is 12.1. The van der Waals surface area contributed by atoms with Crippen molar-refractivity contribution in [3.8, 4) is 0 Å². The number of hydrogen-bond donors (Lipinski definition) is 0. The van der Waals surface area contributed by atoms with Gasteiger partial charge < -0.3 is 4.74 Å². The summed E-state index contributed by atoms with van der Waals surface area (Å²) in [5.41, 5.74) is -0.528. The normalized spacial score (nSPS) is 14.6. The third-order valence-electron chi connectivity index (χ3n) is 3.20. The second-order valence-corrected chi connectivity index (χ2v) is 5.06. The van der Waals surface area contributed by atoms with E-state index >= 15 is 0 Å². The molecule has 0 aromatic heterocycles. The van der Waals surface area contributed by atoms with Crippen molar-refractivity contribution in [1.29, 1.82) is 0 Å². The van der Waals surface area contributed by atoms with Crippen molar-refractivity contribution in [3.05, 3.63) is 0 Å². The van der Waals surface area contributed by atoms with E-state index in [-0.39, 0.29) is 5.78 Å². The lowest BCUT2D eigenvalue weighted by molar-refractivity contribution is -0.143. The molecule has 1 atom stereocenters. The highest BCUT2D eigenvalue weighted by molar-refractivity contribution is 5.86. The first-order valence-corrected chi connectivity index (χ1v) is 7.28. The highest BCUT2D eigenvalue weighted by atomic mass is 16.5. The number of hydrogen-bond acceptors (Lipinski definition) is 2. The van der Waals surface area contributed by atoms with Gasteiger partial charge in [0.25, 0.3) is 0 Å². The van der Waals surface area contributed by atoms with Crippen molar-refractivity contribution >= 4 is 5.78 Å². The molecular formula is C15H30O2. The maximum atomic E-state index is 12.1. The van der Waals surface area contributed by atoms with E-state index in [1.807, 2.05) is 6.92 Å². The Balaban J connectivity index is 4.22. The predicted octanol–water partition coefficient (Wildman–Crippen LogP) is 4.51. The fourth-order valence-corrected chi connectivity index (χ4v) is 2.00. The van der Waals surface area contributed by atoms with Crippen LogP contribution in [0.2, 0.25) is 0 Å². The van der Waals surface area contributed by atoms with E-state index in [9.17, 15) is 4.79 Å². The Morgan fingerprint density at radius 3 is 2.24 bits per heavy atom. The molecule has 2 heteroatoms. The van der Waals surface area contributed by atoms with Crippen LogP contribution in [0.25, 0.3) is 0 Å². The number of ketones is 1. The van der Waals surface area contributed by atoms with Crippen LogP contribution in [0.3, 0.4) is 0 Å². The summed E-state index contributed by atoms with van der Waals surface area (Å²) in [6, 6.07) is 0. The number of unbranched alkanes of at least 4 members (excludes halogenated alkanes) is 3. The molecule has 0 fully saturated rings. The van der Waals surface area contributed by atoms with Gasteiger partial charge in [-0.25, -0.2) is 0 Å². The fourth-order valence-electron chi connectivity index (χ4n) is 2.00. The Labute approximate surface area is 107 Å². The lowest BCUT2D eigenvalue weighted by Gasteiger charge is -2.28. The molecule has 0 radical (unpaired) electrons. The zero-order valence-corrected chi connectivity index (χ0v) is 12.2. The number of rotatable bonds is 11. The molecule has 17 heavy (non-hydrogen) atoms. The lowest BCUT2D eigenvalue weighted by Crippen LogP contribution is -2.38. The van der Waals surface area contributed by atoms with Crippen LogP contribution in [0.4, 0.5) is 0 Å². The second-order valence-electron chi connectivity index (χ2n) is 5.06. The van der Waals surface area contributed by atoms with E-state index in [4.69, 9.17) is 4.74 Å². The smallest absolute Gasteiger partial charge is 0.164 e. The molecule has 0 aliphatic rings. The van der Waals surface area contributed by atoms with Crippen molar-refractivity contribution in [2.45, 2.75) is 84.7 Å². The monoisotopic (exact) mass is 242 g/mol. The van der Waals surface area contributed by atoms with Gasteiger partial charge in [0, 0.05) is 13.0 Å². The molecule has 0 bridgehead atoms. The molecule has 2 nitrogen and oxygen atoms in total. The van der Waals surface area contributed by atoms with Gasteiger partial charge in [-0.05, 0) is 26.2 Å². The van der Waals surface area contributed by atoms with E-state index in [1.54, 1.807) is 0 Å². The molecule has 0 rings (SSSR count). The standard InChI is InChI=1S/C15H30O2/c1-5-8-9-10-12-15(4,17-13-7-3)14(16)11-6-2/h5-13H2,1-4H3. The van der Waals surface area contributed by atoms with E-state index in [0.717, 1.165) is 25.7 Å². The average Bonchev–Trinajstić information content (AvgIpc) is 2.32. The van der Waals surface area contributed by atoms with Crippen molar-refractivity contribution < 1.29 is 9.53 Å². The molecule has 1 unspecified atom stereocenters. The minimum atomic E-state index is -0.528. The Bertz CT molecular complexity index is 201. The predicted molar refractivity (Wildman–Crippen MR) is 73.3 cm³/mol. The third-order valence-corrected chi connectivity index (χ3v) is 3.20. The lowest BCUT2D eigenvalue weighted by atomic mass is 9.90. The van der Waals surface area contributed by atoms with Crippen LogP contribution >= 0.6 is 0 Å². The van der Waals surface area contributed by atoms with E-state index in [1.165, 1.54) is 19.3 Å². The van der Waals surface area contributed by atoms with E-state index < -0.39 is 5.60 Å². The van der Waals surface area contributed by atoms with Crippen molar-refractivity contribution in [1.82, 2.24) is 0 Å². The second kappa shape index (κ2) is 9.64. The van der Waals surface area contributed by atoms with Crippen LogP contribution in [-0.4, -0.2) is 18.0 Å². The van der Waals surface area contributed by atoms with Gasteiger partial charge in [-0.2, -0.15) is 0 Å². The summed E-state index contributed by atoms with van der Waals surface area (Å²) in [6.45, 7) is 9.01. The molecule has 102 valence electrons. The summed E-state index contributed by atoms with van der Waals surface area (Å²) in [7, 11) is 0. The van der Waals surface area contributed by atoms with Gasteiger partial charge in [-0.3, -0.25) is 4.79 Å². The Morgan fingerprint density at radius 2 is 1.71 bits per heavy atom.